The van der Waals surface area contributed by atoms with Crippen LogP contribution in [-0.2, 0) is 0 Å². The maximum Gasteiger partial charge on any atom is 0.273 e. The van der Waals surface area contributed by atoms with Gasteiger partial charge in [-0.3, -0.25) is 4.79 Å². The minimum atomic E-state index is -0.688. The fourth-order valence-electron chi connectivity index (χ4n) is 2.67. The molecule has 2 rings (SSSR count). The number of nitrogens with two attached hydrogens (primary N) is 1. The van der Waals surface area contributed by atoms with Gasteiger partial charge in [-0.2, -0.15) is 0 Å². The van der Waals surface area contributed by atoms with Crippen LogP contribution in [0.3, 0.4) is 0 Å². The van der Waals surface area contributed by atoms with Crippen molar-refractivity contribution in [2.45, 2.75) is 51.1 Å². The molecular weight excluding hydrogens is 258 g/mol. The maximum absolute atomic E-state index is 12.1. The van der Waals surface area contributed by atoms with Crippen molar-refractivity contribution in [1.82, 2.24) is 10.3 Å². The Morgan fingerprint density at radius 1 is 1.55 bits per heavy atom. The topological polar surface area (TPSA) is 101 Å². The lowest BCUT2D eigenvalue weighted by atomic mass is 9.84. The Labute approximate surface area is 118 Å². The average Bonchev–Trinajstić information content (AvgIpc) is 2.97. The molecule has 1 amide bonds. The van der Waals surface area contributed by atoms with Crippen LogP contribution in [0.1, 0.15) is 61.4 Å². The lowest BCUT2D eigenvalue weighted by Crippen LogP contribution is -2.39. The number of amides is 1. The summed E-state index contributed by atoms with van der Waals surface area (Å²) in [6, 6.07) is -0.554. The Balaban J connectivity index is 1.92. The Morgan fingerprint density at radius 3 is 2.90 bits per heavy atom. The first kappa shape index (κ1) is 15.0. The average molecular weight is 281 g/mol. The molecule has 0 aliphatic heterocycles. The summed E-state index contributed by atoms with van der Waals surface area (Å²) in [4.78, 5) is 16.1. The van der Waals surface area contributed by atoms with Crippen LogP contribution in [0.4, 0.5) is 0 Å². The summed E-state index contributed by atoms with van der Waals surface area (Å²) >= 11 is 0. The van der Waals surface area contributed by atoms with Gasteiger partial charge in [0, 0.05) is 6.04 Å². The molecule has 1 heterocycles. The Kier molecular flexibility index (Phi) is 5.14. The van der Waals surface area contributed by atoms with Crippen LogP contribution in [0.2, 0.25) is 0 Å². The number of nitrogens with one attached hydrogen (secondary N) is 1. The SMILES string of the molecule is CC(NC(=O)c1coc(C(N)CO)n1)C1CCCCC1. The summed E-state index contributed by atoms with van der Waals surface area (Å²) in [6.45, 7) is 1.77. The molecule has 0 aromatic carbocycles. The molecule has 0 radical (unpaired) electrons. The number of carbonyl (C=O) groups is 1. The number of aliphatic hydroxyl groups excluding tert-OH is 1. The predicted molar refractivity (Wildman–Crippen MR) is 74.0 cm³/mol. The highest BCUT2D eigenvalue weighted by Crippen LogP contribution is 2.26. The highest BCUT2D eigenvalue weighted by atomic mass is 16.3. The molecule has 1 saturated carbocycles. The van der Waals surface area contributed by atoms with Crippen LogP contribution in [0.5, 0.6) is 0 Å². The Morgan fingerprint density at radius 2 is 2.25 bits per heavy atom. The largest absolute Gasteiger partial charge is 0.446 e. The number of oxazole rings is 1. The maximum atomic E-state index is 12.1. The molecular formula is C14H23N3O3. The molecule has 0 saturated heterocycles. The van der Waals surface area contributed by atoms with Crippen molar-refractivity contribution in [2.75, 3.05) is 6.61 Å². The third kappa shape index (κ3) is 3.58. The van der Waals surface area contributed by atoms with Crippen LogP contribution in [0.25, 0.3) is 0 Å². The number of hydrogen-bond acceptors (Lipinski definition) is 5. The molecule has 20 heavy (non-hydrogen) atoms. The molecule has 1 aromatic rings. The van der Waals surface area contributed by atoms with Crippen LogP contribution < -0.4 is 11.1 Å². The van der Waals surface area contributed by atoms with Crippen molar-refractivity contribution in [3.8, 4) is 0 Å². The summed E-state index contributed by atoms with van der Waals surface area (Å²) in [6.07, 6.45) is 7.40. The van der Waals surface area contributed by atoms with Gasteiger partial charge < -0.3 is 20.6 Å². The first-order valence-corrected chi connectivity index (χ1v) is 7.24. The number of aromatic nitrogens is 1. The number of hydrogen-bond donors (Lipinski definition) is 3. The zero-order valence-electron chi connectivity index (χ0n) is 11.8. The highest BCUT2D eigenvalue weighted by Gasteiger charge is 2.23. The lowest BCUT2D eigenvalue weighted by Gasteiger charge is -2.27. The quantitative estimate of drug-likeness (QED) is 0.756. The zero-order chi connectivity index (χ0) is 14.5. The monoisotopic (exact) mass is 281 g/mol. The first-order valence-electron chi connectivity index (χ1n) is 7.24. The van der Waals surface area contributed by atoms with Gasteiger partial charge in [-0.25, -0.2) is 4.98 Å². The predicted octanol–water partition coefficient (Wildman–Crippen LogP) is 1.37. The number of carbonyl (C=O) groups excluding carboxylic acids is 1. The second-order valence-electron chi connectivity index (χ2n) is 5.52. The van der Waals surface area contributed by atoms with Crippen molar-refractivity contribution in [3.05, 3.63) is 17.8 Å². The van der Waals surface area contributed by atoms with Crippen molar-refractivity contribution in [1.29, 1.82) is 0 Å². The fourth-order valence-corrected chi connectivity index (χ4v) is 2.67. The zero-order valence-corrected chi connectivity index (χ0v) is 11.8. The minimum absolute atomic E-state index is 0.134. The van der Waals surface area contributed by atoms with E-state index in [1.54, 1.807) is 0 Å². The molecule has 1 aliphatic rings. The van der Waals surface area contributed by atoms with Gasteiger partial charge in [0.05, 0.1) is 6.61 Å². The normalized spacial score (nSPS) is 19.6. The van der Waals surface area contributed by atoms with Gasteiger partial charge >= 0.3 is 0 Å². The van der Waals surface area contributed by atoms with Crippen LogP contribution in [0.15, 0.2) is 10.7 Å². The van der Waals surface area contributed by atoms with E-state index in [1.807, 2.05) is 6.92 Å². The van der Waals surface area contributed by atoms with Gasteiger partial charge in [0.2, 0.25) is 5.89 Å². The summed E-state index contributed by atoms with van der Waals surface area (Å²) < 4.78 is 5.11. The van der Waals surface area contributed by atoms with E-state index in [-0.39, 0.29) is 30.1 Å². The van der Waals surface area contributed by atoms with E-state index in [1.165, 1.54) is 38.4 Å². The van der Waals surface area contributed by atoms with Crippen molar-refractivity contribution in [2.24, 2.45) is 11.7 Å². The molecule has 0 spiro atoms. The van der Waals surface area contributed by atoms with Crippen LogP contribution in [0, 0.1) is 5.92 Å². The molecule has 2 atom stereocenters. The number of rotatable bonds is 5. The van der Waals surface area contributed by atoms with E-state index in [0.717, 1.165) is 0 Å². The Hall–Kier alpha value is -1.40. The first-order chi connectivity index (χ1) is 9.61. The summed E-state index contributed by atoms with van der Waals surface area (Å²) in [5.74, 6) is 0.477. The van der Waals surface area contributed by atoms with E-state index >= 15 is 0 Å². The van der Waals surface area contributed by atoms with Gasteiger partial charge in [0.15, 0.2) is 5.69 Å². The molecule has 112 valence electrons. The van der Waals surface area contributed by atoms with Crippen molar-refractivity contribution >= 4 is 5.91 Å². The molecule has 0 bridgehead atoms. The molecule has 6 heteroatoms. The van der Waals surface area contributed by atoms with E-state index in [4.69, 9.17) is 15.3 Å². The summed E-state index contributed by atoms with van der Waals surface area (Å²) in [5.41, 5.74) is 5.80. The summed E-state index contributed by atoms with van der Waals surface area (Å²) in [5, 5.41) is 11.9. The third-order valence-corrected chi connectivity index (χ3v) is 3.98. The van der Waals surface area contributed by atoms with Gasteiger partial charge in [-0.1, -0.05) is 19.3 Å². The van der Waals surface area contributed by atoms with E-state index in [2.05, 4.69) is 10.3 Å². The van der Waals surface area contributed by atoms with E-state index < -0.39 is 6.04 Å². The van der Waals surface area contributed by atoms with Crippen LogP contribution in [-0.4, -0.2) is 28.6 Å². The molecule has 6 nitrogen and oxygen atoms in total. The second-order valence-corrected chi connectivity index (χ2v) is 5.52. The van der Waals surface area contributed by atoms with Crippen molar-refractivity contribution in [3.63, 3.8) is 0 Å². The lowest BCUT2D eigenvalue weighted by molar-refractivity contribution is 0.0914. The molecule has 1 fully saturated rings. The number of aliphatic hydroxyl groups is 1. The van der Waals surface area contributed by atoms with E-state index in [0.29, 0.717) is 5.92 Å². The fraction of sp³-hybridized carbons (Fsp3) is 0.714. The standard InChI is InChI=1S/C14H23N3O3/c1-9(10-5-3-2-4-6-10)16-13(19)12-8-20-14(17-12)11(15)7-18/h8-11,18H,2-7,15H2,1H3,(H,16,19). The van der Waals surface area contributed by atoms with Gasteiger partial charge in [-0.15, -0.1) is 0 Å². The summed E-state index contributed by atoms with van der Waals surface area (Å²) in [7, 11) is 0. The molecule has 1 aromatic heterocycles. The van der Waals surface area contributed by atoms with Gasteiger partial charge in [0.25, 0.3) is 5.91 Å². The second kappa shape index (κ2) is 6.85. The third-order valence-electron chi connectivity index (χ3n) is 3.98. The van der Waals surface area contributed by atoms with E-state index in [9.17, 15) is 4.79 Å². The smallest absolute Gasteiger partial charge is 0.273 e. The van der Waals surface area contributed by atoms with Crippen molar-refractivity contribution < 1.29 is 14.3 Å². The molecule has 2 unspecified atom stereocenters. The molecule has 1 aliphatic carbocycles. The minimum Gasteiger partial charge on any atom is -0.446 e. The number of nitrogens with zero attached hydrogens (tertiary/aromatic N) is 1. The van der Waals surface area contributed by atoms with Gasteiger partial charge in [-0.05, 0) is 25.7 Å². The van der Waals surface area contributed by atoms with Crippen LogP contribution >= 0.6 is 0 Å². The highest BCUT2D eigenvalue weighted by molar-refractivity contribution is 5.92. The van der Waals surface area contributed by atoms with Gasteiger partial charge in [0.1, 0.15) is 12.3 Å². The molecule has 4 N–H and O–H groups in total. The Bertz CT molecular complexity index is 441.